The summed E-state index contributed by atoms with van der Waals surface area (Å²) in [6.45, 7) is 10.2. The Morgan fingerprint density at radius 3 is 2.12 bits per heavy atom. The number of hydrogen-bond donors (Lipinski definition) is 4. The Kier molecular flexibility index (Phi) is 11.2. The van der Waals surface area contributed by atoms with Gasteiger partial charge in [0, 0.05) is 17.5 Å². The summed E-state index contributed by atoms with van der Waals surface area (Å²) in [5, 5.41) is 7.45. The van der Waals surface area contributed by atoms with E-state index in [1.54, 1.807) is 58.0 Å². The number of urea groups is 1. The zero-order valence-corrected chi connectivity index (χ0v) is 24.6. The van der Waals surface area contributed by atoms with Gasteiger partial charge in [0.2, 0.25) is 17.6 Å². The van der Waals surface area contributed by atoms with E-state index < -0.39 is 59.6 Å². The first-order valence-corrected chi connectivity index (χ1v) is 13.7. The number of rotatable bonds is 11. The van der Waals surface area contributed by atoms with Gasteiger partial charge in [-0.05, 0) is 30.6 Å². The zero-order chi connectivity index (χ0) is 30.4. The van der Waals surface area contributed by atoms with Crippen molar-refractivity contribution in [1.82, 2.24) is 20.9 Å². The summed E-state index contributed by atoms with van der Waals surface area (Å²) in [7, 11) is 0. The van der Waals surface area contributed by atoms with Crippen LogP contribution >= 0.6 is 11.6 Å². The molecule has 0 bridgehead atoms. The number of halogens is 1. The number of benzene rings is 1. The van der Waals surface area contributed by atoms with Crippen LogP contribution in [0.5, 0.6) is 0 Å². The van der Waals surface area contributed by atoms with Gasteiger partial charge in [-0.2, -0.15) is 0 Å². The second-order valence-electron chi connectivity index (χ2n) is 11.6. The third-order valence-electron chi connectivity index (χ3n) is 6.95. The molecule has 1 aliphatic heterocycles. The van der Waals surface area contributed by atoms with Gasteiger partial charge in [0.15, 0.2) is 5.78 Å². The number of carbonyl (C=O) groups is 6. The summed E-state index contributed by atoms with van der Waals surface area (Å²) in [6, 6.07) is 5.01. The molecule has 40 heavy (non-hydrogen) atoms. The summed E-state index contributed by atoms with van der Waals surface area (Å²) in [5.74, 6) is -4.01. The zero-order valence-electron chi connectivity index (χ0n) is 23.8. The van der Waals surface area contributed by atoms with Crippen LogP contribution in [0.25, 0.3) is 0 Å². The van der Waals surface area contributed by atoms with Gasteiger partial charge in [-0.15, -0.1) is 11.6 Å². The van der Waals surface area contributed by atoms with E-state index in [1.807, 2.05) is 13.8 Å². The molecule has 12 heteroatoms. The highest BCUT2D eigenvalue weighted by Crippen LogP contribution is 2.31. The Hall–Kier alpha value is -3.47. The van der Waals surface area contributed by atoms with Crippen LogP contribution in [-0.2, 0) is 19.2 Å². The molecule has 1 aromatic carbocycles. The molecule has 220 valence electrons. The smallest absolute Gasteiger partial charge is 0.316 e. The molecular weight excluding hydrogens is 538 g/mol. The third kappa shape index (κ3) is 8.51. The molecule has 1 heterocycles. The van der Waals surface area contributed by atoms with Gasteiger partial charge in [0.1, 0.15) is 12.1 Å². The van der Waals surface area contributed by atoms with Crippen LogP contribution in [0.1, 0.15) is 58.3 Å². The first-order valence-electron chi connectivity index (χ1n) is 13.3. The molecular formula is C28H40ClN5O6. The third-order valence-corrected chi connectivity index (χ3v) is 7.31. The average Bonchev–Trinajstić information content (AvgIpc) is 3.34. The highest BCUT2D eigenvalue weighted by molar-refractivity contribution is 6.36. The quantitative estimate of drug-likeness (QED) is 0.177. The Morgan fingerprint density at radius 1 is 1.02 bits per heavy atom. The van der Waals surface area contributed by atoms with Crippen molar-refractivity contribution < 1.29 is 28.8 Å². The number of amides is 5. The van der Waals surface area contributed by atoms with E-state index in [9.17, 15) is 28.8 Å². The van der Waals surface area contributed by atoms with Crippen LogP contribution in [0, 0.1) is 17.3 Å². The van der Waals surface area contributed by atoms with Crippen LogP contribution in [0.15, 0.2) is 30.3 Å². The van der Waals surface area contributed by atoms with Gasteiger partial charge < -0.3 is 26.6 Å². The summed E-state index contributed by atoms with van der Waals surface area (Å²) in [5.41, 5.74) is 4.63. The van der Waals surface area contributed by atoms with E-state index in [4.69, 9.17) is 17.3 Å². The number of alkyl halides is 1. The lowest BCUT2D eigenvalue weighted by Gasteiger charge is -2.36. The molecule has 5 N–H and O–H groups in total. The molecule has 1 fully saturated rings. The molecule has 2 unspecified atom stereocenters. The lowest BCUT2D eigenvalue weighted by molar-refractivity contribution is -0.142. The van der Waals surface area contributed by atoms with Gasteiger partial charge >= 0.3 is 6.03 Å². The summed E-state index contributed by atoms with van der Waals surface area (Å²) in [4.78, 5) is 77.2. The minimum Gasteiger partial charge on any atom is -0.363 e. The SMILES string of the molecule is CC(Cl)[C@@H]1C[C@@H](C(=O)NCC(=O)C(N)=O)N(C(=O)C(NC(=O)N[C@H](C(=O)c2ccccc2)C(C)C)C(C)(C)C)C1. The second-order valence-corrected chi connectivity index (χ2v) is 12.2. The molecule has 11 nitrogen and oxygen atoms in total. The first kappa shape index (κ1) is 32.7. The highest BCUT2D eigenvalue weighted by Gasteiger charge is 2.46. The number of nitrogens with two attached hydrogens (primary N) is 1. The van der Waals surface area contributed by atoms with Crippen molar-refractivity contribution in [1.29, 1.82) is 0 Å². The van der Waals surface area contributed by atoms with Crippen LogP contribution in [0.4, 0.5) is 4.79 Å². The first-order chi connectivity index (χ1) is 18.5. The highest BCUT2D eigenvalue weighted by atomic mass is 35.5. The van der Waals surface area contributed by atoms with E-state index in [0.717, 1.165) is 0 Å². The summed E-state index contributed by atoms with van der Waals surface area (Å²) in [6.07, 6.45) is 0.233. The predicted molar refractivity (Wildman–Crippen MR) is 150 cm³/mol. The maximum atomic E-state index is 13.9. The molecule has 0 spiro atoms. The van der Waals surface area contributed by atoms with E-state index >= 15 is 0 Å². The summed E-state index contributed by atoms with van der Waals surface area (Å²) < 4.78 is 0. The molecule has 1 saturated heterocycles. The van der Waals surface area contributed by atoms with Crippen LogP contribution < -0.4 is 21.7 Å². The Labute approximate surface area is 239 Å². The van der Waals surface area contributed by atoms with E-state index in [0.29, 0.717) is 5.56 Å². The van der Waals surface area contributed by atoms with Crippen molar-refractivity contribution in [3.05, 3.63) is 35.9 Å². The maximum Gasteiger partial charge on any atom is 0.316 e. The van der Waals surface area contributed by atoms with Crippen molar-refractivity contribution in [3.63, 3.8) is 0 Å². The lowest BCUT2D eigenvalue weighted by Crippen LogP contribution is -2.60. The standard InChI is InChI=1S/C28H40ClN5O6/c1-15(2)21(22(36)17-10-8-7-9-11-17)32-27(40)33-23(28(4,5)6)26(39)34-14-18(16(3)29)12-19(34)25(38)31-13-20(35)24(30)37/h7-11,15-16,18-19,21,23H,12-14H2,1-6H3,(H2,30,37)(H,31,38)(H2,32,33,40)/t16?,18-,19+,21+,23?/m1/s1. The number of nitrogens with one attached hydrogen (secondary N) is 3. The number of Topliss-reactive ketones (excluding diaryl/α,β-unsaturated/α-hetero) is 2. The molecule has 1 aliphatic rings. The van der Waals surface area contributed by atoms with Gasteiger partial charge in [0.25, 0.3) is 5.91 Å². The largest absolute Gasteiger partial charge is 0.363 e. The Balaban J connectivity index is 2.26. The van der Waals surface area contributed by atoms with Gasteiger partial charge in [-0.25, -0.2) is 4.79 Å². The number of hydrogen-bond acceptors (Lipinski definition) is 6. The van der Waals surface area contributed by atoms with E-state index in [-0.39, 0.29) is 36.0 Å². The number of primary amides is 1. The van der Waals surface area contributed by atoms with Crippen molar-refractivity contribution in [3.8, 4) is 0 Å². The predicted octanol–water partition coefficient (Wildman–Crippen LogP) is 1.62. The molecule has 0 saturated carbocycles. The Morgan fingerprint density at radius 2 is 1.62 bits per heavy atom. The minimum atomic E-state index is -1.18. The van der Waals surface area contributed by atoms with Gasteiger partial charge in [0.05, 0.1) is 12.6 Å². The van der Waals surface area contributed by atoms with Gasteiger partial charge in [-0.3, -0.25) is 24.0 Å². The topological polar surface area (TPSA) is 168 Å². The fourth-order valence-corrected chi connectivity index (χ4v) is 4.69. The Bertz CT molecular complexity index is 1120. The normalized spacial score (nSPS) is 19.4. The molecule has 0 radical (unpaired) electrons. The second kappa shape index (κ2) is 13.7. The number of likely N-dealkylation sites (tertiary alicyclic amines) is 1. The van der Waals surface area contributed by atoms with E-state index in [2.05, 4.69) is 16.0 Å². The maximum absolute atomic E-state index is 13.9. The minimum absolute atomic E-state index is 0.155. The molecule has 0 aromatic heterocycles. The van der Waals surface area contributed by atoms with Crippen LogP contribution in [0.3, 0.4) is 0 Å². The van der Waals surface area contributed by atoms with Crippen molar-refractivity contribution in [2.75, 3.05) is 13.1 Å². The van der Waals surface area contributed by atoms with Gasteiger partial charge in [-0.1, -0.05) is 65.0 Å². The van der Waals surface area contributed by atoms with Crippen molar-refractivity contribution in [2.45, 2.75) is 71.5 Å². The molecule has 1 aromatic rings. The fourth-order valence-electron chi connectivity index (χ4n) is 4.51. The summed E-state index contributed by atoms with van der Waals surface area (Å²) >= 11 is 6.32. The number of ketones is 2. The molecule has 0 aliphatic carbocycles. The molecule has 5 amide bonds. The van der Waals surface area contributed by atoms with Crippen LogP contribution in [0.2, 0.25) is 0 Å². The number of nitrogens with zero attached hydrogens (tertiary/aromatic N) is 1. The monoisotopic (exact) mass is 577 g/mol. The lowest BCUT2D eigenvalue weighted by atomic mass is 9.85. The molecule has 5 atom stereocenters. The van der Waals surface area contributed by atoms with Crippen molar-refractivity contribution >= 4 is 46.9 Å². The van der Waals surface area contributed by atoms with Crippen molar-refractivity contribution in [2.24, 2.45) is 23.0 Å². The van der Waals surface area contributed by atoms with E-state index in [1.165, 1.54) is 4.90 Å². The van der Waals surface area contributed by atoms with Crippen LogP contribution in [-0.4, -0.2) is 76.8 Å². The average molecular weight is 578 g/mol. The number of carbonyl (C=O) groups excluding carboxylic acids is 6. The fraction of sp³-hybridized carbons (Fsp3) is 0.571. The molecule has 2 rings (SSSR count).